The van der Waals surface area contributed by atoms with Crippen LogP contribution in [0, 0.1) is 0 Å². The monoisotopic (exact) mass is 379 g/mol. The first-order valence-corrected chi connectivity index (χ1v) is 9.69. The summed E-state index contributed by atoms with van der Waals surface area (Å²) in [7, 11) is 4.71. The Hall–Kier alpha value is -2.82. The maximum atomic E-state index is 11.8. The molecule has 0 aromatic heterocycles. The standard InChI is InChI=1S/C23H25NO4/c1-26-20-12-17-16-6-4-5-7-19(16)24-22(18(17)13-21(20)27-2)14-8-10-15(11-9-14)23(25)28-3/h8-13,16,19H,4-7H2,1-3H3/t16-,19+/m0/s1. The molecular formula is C23H25NO4. The van der Waals surface area contributed by atoms with Crippen molar-refractivity contribution in [1.29, 1.82) is 0 Å². The molecule has 5 heteroatoms. The van der Waals surface area contributed by atoms with Crippen LogP contribution >= 0.6 is 0 Å². The third-order valence-corrected chi connectivity index (χ3v) is 5.81. The fourth-order valence-electron chi connectivity index (χ4n) is 4.38. The Morgan fingerprint density at radius 2 is 1.64 bits per heavy atom. The quantitative estimate of drug-likeness (QED) is 0.741. The molecular weight excluding hydrogens is 354 g/mol. The van der Waals surface area contributed by atoms with E-state index in [2.05, 4.69) is 6.07 Å². The Labute approximate surface area is 165 Å². The summed E-state index contributed by atoms with van der Waals surface area (Å²) in [5, 5.41) is 0. The lowest BCUT2D eigenvalue weighted by atomic mass is 9.75. The molecule has 5 nitrogen and oxygen atoms in total. The molecule has 1 aliphatic heterocycles. The lowest BCUT2D eigenvalue weighted by Crippen LogP contribution is -2.29. The Morgan fingerprint density at radius 3 is 2.32 bits per heavy atom. The Balaban J connectivity index is 1.83. The van der Waals surface area contributed by atoms with Crippen molar-refractivity contribution in [3.8, 4) is 11.5 Å². The second kappa shape index (κ2) is 7.66. The summed E-state index contributed by atoms with van der Waals surface area (Å²) in [6.07, 6.45) is 4.68. The zero-order valence-corrected chi connectivity index (χ0v) is 16.5. The number of hydrogen-bond acceptors (Lipinski definition) is 5. The van der Waals surface area contributed by atoms with E-state index >= 15 is 0 Å². The molecule has 2 atom stereocenters. The average Bonchev–Trinajstić information content (AvgIpc) is 2.77. The summed E-state index contributed by atoms with van der Waals surface area (Å²) in [5.41, 5.74) is 4.85. The highest BCUT2D eigenvalue weighted by molar-refractivity contribution is 6.15. The Kier molecular flexibility index (Phi) is 5.07. The van der Waals surface area contributed by atoms with Crippen molar-refractivity contribution < 1.29 is 19.0 Å². The molecule has 0 radical (unpaired) electrons. The van der Waals surface area contributed by atoms with Crippen molar-refractivity contribution in [3.05, 3.63) is 58.7 Å². The van der Waals surface area contributed by atoms with Crippen molar-refractivity contribution in [2.24, 2.45) is 4.99 Å². The van der Waals surface area contributed by atoms with Gasteiger partial charge in [0.1, 0.15) is 0 Å². The molecule has 0 unspecified atom stereocenters. The molecule has 1 aliphatic carbocycles. The highest BCUT2D eigenvalue weighted by Crippen LogP contribution is 2.44. The molecule has 0 spiro atoms. The predicted molar refractivity (Wildman–Crippen MR) is 108 cm³/mol. The molecule has 1 heterocycles. The van der Waals surface area contributed by atoms with E-state index in [0.717, 1.165) is 35.4 Å². The van der Waals surface area contributed by atoms with Crippen molar-refractivity contribution in [1.82, 2.24) is 0 Å². The van der Waals surface area contributed by atoms with Gasteiger partial charge in [0.15, 0.2) is 11.5 Å². The maximum Gasteiger partial charge on any atom is 0.337 e. The van der Waals surface area contributed by atoms with Gasteiger partial charge in [-0.05, 0) is 42.7 Å². The zero-order valence-electron chi connectivity index (χ0n) is 16.5. The van der Waals surface area contributed by atoms with Crippen LogP contribution in [0.15, 0.2) is 41.4 Å². The second-order valence-corrected chi connectivity index (χ2v) is 7.30. The number of hydrogen-bond donors (Lipinski definition) is 0. The van der Waals surface area contributed by atoms with Crippen LogP contribution in [0.5, 0.6) is 11.5 Å². The summed E-state index contributed by atoms with van der Waals surface area (Å²) in [5.74, 6) is 1.54. The summed E-state index contributed by atoms with van der Waals surface area (Å²) < 4.78 is 15.9. The minimum absolute atomic E-state index is 0.287. The molecule has 0 N–H and O–H groups in total. The third-order valence-electron chi connectivity index (χ3n) is 5.81. The van der Waals surface area contributed by atoms with Gasteiger partial charge in [-0.25, -0.2) is 4.79 Å². The van der Waals surface area contributed by atoms with Crippen LogP contribution in [-0.4, -0.2) is 39.1 Å². The molecule has 0 amide bonds. The molecule has 146 valence electrons. The van der Waals surface area contributed by atoms with Crippen molar-refractivity contribution in [3.63, 3.8) is 0 Å². The molecule has 4 rings (SSSR count). The molecule has 2 aliphatic rings. The number of carbonyl (C=O) groups excluding carboxylic acids is 1. The van der Waals surface area contributed by atoms with Gasteiger partial charge in [0.2, 0.25) is 0 Å². The molecule has 1 fully saturated rings. The fraction of sp³-hybridized carbons (Fsp3) is 0.391. The number of esters is 1. The molecule has 0 saturated heterocycles. The van der Waals surface area contributed by atoms with Crippen molar-refractivity contribution in [2.45, 2.75) is 37.6 Å². The number of carbonyl (C=O) groups is 1. The SMILES string of the molecule is COC(=O)c1ccc(C2=N[C@@H]3CCCC[C@H]3c3cc(OC)c(OC)cc32)cc1. The first kappa shape index (κ1) is 18.5. The van der Waals surface area contributed by atoms with Crippen LogP contribution < -0.4 is 9.47 Å². The first-order chi connectivity index (χ1) is 13.7. The van der Waals surface area contributed by atoms with E-state index < -0.39 is 0 Å². The maximum absolute atomic E-state index is 11.8. The van der Waals surface area contributed by atoms with Gasteiger partial charge in [0.25, 0.3) is 0 Å². The van der Waals surface area contributed by atoms with Gasteiger partial charge in [-0.2, -0.15) is 0 Å². The average molecular weight is 379 g/mol. The molecule has 2 aromatic rings. The van der Waals surface area contributed by atoms with Gasteiger partial charge in [-0.1, -0.05) is 25.0 Å². The van der Waals surface area contributed by atoms with Gasteiger partial charge < -0.3 is 14.2 Å². The summed E-state index contributed by atoms with van der Waals surface area (Å²) >= 11 is 0. The second-order valence-electron chi connectivity index (χ2n) is 7.30. The van der Waals surface area contributed by atoms with Gasteiger partial charge in [-0.3, -0.25) is 4.99 Å². The predicted octanol–water partition coefficient (Wildman–Crippen LogP) is 4.37. The number of nitrogens with zero attached hydrogens (tertiary/aromatic N) is 1. The molecule has 28 heavy (non-hydrogen) atoms. The van der Waals surface area contributed by atoms with Gasteiger partial charge >= 0.3 is 5.97 Å². The van der Waals surface area contributed by atoms with E-state index in [0.29, 0.717) is 17.2 Å². The van der Waals surface area contributed by atoms with Crippen LogP contribution in [0.3, 0.4) is 0 Å². The van der Waals surface area contributed by atoms with Gasteiger partial charge in [0.05, 0.1) is 38.6 Å². The number of methoxy groups -OCH3 is 3. The van der Waals surface area contributed by atoms with Crippen molar-refractivity contribution >= 4 is 11.7 Å². The first-order valence-electron chi connectivity index (χ1n) is 9.69. The van der Waals surface area contributed by atoms with Crippen LogP contribution in [0.2, 0.25) is 0 Å². The topological polar surface area (TPSA) is 57.1 Å². The van der Waals surface area contributed by atoms with E-state index in [1.165, 1.54) is 25.5 Å². The van der Waals surface area contributed by atoms with E-state index in [4.69, 9.17) is 19.2 Å². The highest BCUT2D eigenvalue weighted by Gasteiger charge is 2.34. The summed E-state index contributed by atoms with van der Waals surface area (Å²) in [4.78, 5) is 16.9. The minimum atomic E-state index is -0.337. The van der Waals surface area contributed by atoms with E-state index in [1.807, 2.05) is 18.2 Å². The Morgan fingerprint density at radius 1 is 0.964 bits per heavy atom. The highest BCUT2D eigenvalue weighted by atomic mass is 16.5. The largest absolute Gasteiger partial charge is 0.493 e. The number of rotatable bonds is 4. The number of benzene rings is 2. The van der Waals surface area contributed by atoms with E-state index in [1.54, 1.807) is 26.4 Å². The number of fused-ring (bicyclic) bond motifs is 3. The van der Waals surface area contributed by atoms with Gasteiger partial charge in [0, 0.05) is 17.0 Å². The van der Waals surface area contributed by atoms with E-state index in [9.17, 15) is 4.79 Å². The Bertz CT molecular complexity index is 917. The fourth-order valence-corrected chi connectivity index (χ4v) is 4.38. The lowest BCUT2D eigenvalue weighted by Gasteiger charge is -2.35. The normalized spacial score (nSPS) is 20.5. The smallest absolute Gasteiger partial charge is 0.337 e. The van der Waals surface area contributed by atoms with Crippen LogP contribution in [-0.2, 0) is 4.74 Å². The lowest BCUT2D eigenvalue weighted by molar-refractivity contribution is 0.0600. The van der Waals surface area contributed by atoms with Crippen LogP contribution in [0.25, 0.3) is 0 Å². The number of aliphatic imine (C=N–C) groups is 1. The van der Waals surface area contributed by atoms with Crippen LogP contribution in [0.4, 0.5) is 0 Å². The summed E-state index contributed by atoms with van der Waals surface area (Å²) in [6, 6.07) is 11.9. The van der Waals surface area contributed by atoms with E-state index in [-0.39, 0.29) is 12.0 Å². The zero-order chi connectivity index (χ0) is 19.7. The third kappa shape index (κ3) is 3.15. The molecule has 2 aromatic carbocycles. The van der Waals surface area contributed by atoms with Crippen LogP contribution in [0.1, 0.15) is 58.6 Å². The molecule has 0 bridgehead atoms. The summed E-state index contributed by atoms with van der Waals surface area (Å²) in [6.45, 7) is 0. The van der Waals surface area contributed by atoms with Gasteiger partial charge in [-0.15, -0.1) is 0 Å². The minimum Gasteiger partial charge on any atom is -0.493 e. The number of ether oxygens (including phenoxy) is 3. The molecule has 1 saturated carbocycles. The van der Waals surface area contributed by atoms with Crippen molar-refractivity contribution in [2.75, 3.05) is 21.3 Å².